The van der Waals surface area contributed by atoms with Gasteiger partial charge in [-0.25, -0.2) is 5.01 Å². The smallest absolute Gasteiger partial charge is 0.248 e. The molecule has 0 fully saturated rings. The number of hydrogen-bond donors (Lipinski definition) is 1. The molecule has 1 unspecified atom stereocenters. The van der Waals surface area contributed by atoms with Crippen molar-refractivity contribution in [2.24, 2.45) is 10.8 Å². The maximum absolute atomic E-state index is 6.10. The summed E-state index contributed by atoms with van der Waals surface area (Å²) in [6.07, 6.45) is 2.74. The number of anilines is 1. The molecule has 1 aliphatic heterocycles. The molecular formula is C20H17ClN4O2. The van der Waals surface area contributed by atoms with E-state index in [0.29, 0.717) is 23.3 Å². The van der Waals surface area contributed by atoms with Crippen molar-refractivity contribution < 1.29 is 9.47 Å². The van der Waals surface area contributed by atoms with E-state index < -0.39 is 6.35 Å². The van der Waals surface area contributed by atoms with Crippen LogP contribution in [-0.4, -0.2) is 17.2 Å². The lowest BCUT2D eigenvalue weighted by atomic mass is 10.2. The van der Waals surface area contributed by atoms with Crippen LogP contribution in [0.4, 0.5) is 5.69 Å². The van der Waals surface area contributed by atoms with E-state index in [9.17, 15) is 0 Å². The first-order chi connectivity index (χ1) is 13.2. The second kappa shape index (κ2) is 7.65. The summed E-state index contributed by atoms with van der Waals surface area (Å²) in [7, 11) is 0. The zero-order valence-electron chi connectivity index (χ0n) is 14.3. The number of rotatable bonds is 5. The van der Waals surface area contributed by atoms with Gasteiger partial charge in [0.15, 0.2) is 0 Å². The van der Waals surface area contributed by atoms with Crippen molar-refractivity contribution in [1.29, 1.82) is 0 Å². The molecule has 136 valence electrons. The molecule has 1 atom stereocenters. The quantitative estimate of drug-likeness (QED) is 0.729. The van der Waals surface area contributed by atoms with Gasteiger partial charge in [-0.05, 0) is 54.1 Å². The van der Waals surface area contributed by atoms with Crippen LogP contribution in [0.2, 0.25) is 5.02 Å². The Hall–Kier alpha value is -3.09. The first-order valence-electron chi connectivity index (χ1n) is 8.37. The van der Waals surface area contributed by atoms with Crippen LogP contribution in [0.15, 0.2) is 78.2 Å². The van der Waals surface area contributed by atoms with Gasteiger partial charge >= 0.3 is 0 Å². The molecule has 2 heterocycles. The van der Waals surface area contributed by atoms with Crippen LogP contribution in [0.25, 0.3) is 0 Å². The van der Waals surface area contributed by atoms with E-state index in [1.165, 1.54) is 0 Å². The highest BCUT2D eigenvalue weighted by atomic mass is 35.5. The van der Waals surface area contributed by atoms with Gasteiger partial charge in [-0.15, -0.1) is 5.10 Å². The van der Waals surface area contributed by atoms with E-state index >= 15 is 0 Å². The zero-order valence-corrected chi connectivity index (χ0v) is 15.1. The Labute approximate surface area is 161 Å². The molecular weight excluding hydrogens is 364 g/mol. The van der Waals surface area contributed by atoms with Crippen molar-refractivity contribution in [2.75, 3.05) is 5.01 Å². The summed E-state index contributed by atoms with van der Waals surface area (Å²) < 4.78 is 11.7. The van der Waals surface area contributed by atoms with Gasteiger partial charge in [-0.2, -0.15) is 0 Å². The summed E-state index contributed by atoms with van der Waals surface area (Å²) in [4.78, 5) is 4.01. The number of halogens is 1. The van der Waals surface area contributed by atoms with E-state index in [2.05, 4.69) is 10.1 Å². The van der Waals surface area contributed by atoms with Gasteiger partial charge in [0.25, 0.3) is 0 Å². The molecule has 1 aromatic heterocycles. The first-order valence-corrected chi connectivity index (χ1v) is 8.75. The molecule has 0 saturated heterocycles. The first kappa shape index (κ1) is 17.3. The molecule has 3 aromatic rings. The van der Waals surface area contributed by atoms with Gasteiger partial charge in [0.1, 0.15) is 12.4 Å². The number of hydrazone groups is 1. The standard InChI is InChI=1S/C20H17ClN4O2/c21-15-5-7-16(8-6-15)25-20(22)27-19(24-25)17-3-1-2-4-18(17)26-13-14-9-11-23-12-10-14/h1-12,20H,13,22H2. The molecule has 1 aliphatic rings. The summed E-state index contributed by atoms with van der Waals surface area (Å²) >= 11 is 5.95. The highest BCUT2D eigenvalue weighted by Crippen LogP contribution is 2.28. The summed E-state index contributed by atoms with van der Waals surface area (Å²) in [5.74, 6) is 1.07. The lowest BCUT2D eigenvalue weighted by Crippen LogP contribution is -2.36. The molecule has 0 radical (unpaired) electrons. The van der Waals surface area contributed by atoms with Crippen LogP contribution in [0.1, 0.15) is 11.1 Å². The third-order valence-corrected chi connectivity index (χ3v) is 4.28. The maximum Gasteiger partial charge on any atom is 0.248 e. The van der Waals surface area contributed by atoms with Crippen molar-refractivity contribution in [3.8, 4) is 5.75 Å². The van der Waals surface area contributed by atoms with Crippen LogP contribution < -0.4 is 15.5 Å². The molecule has 0 saturated carbocycles. The predicted molar refractivity (Wildman–Crippen MR) is 105 cm³/mol. The average molecular weight is 381 g/mol. The molecule has 7 heteroatoms. The van der Waals surface area contributed by atoms with E-state index in [-0.39, 0.29) is 0 Å². The number of aromatic nitrogens is 1. The third-order valence-electron chi connectivity index (χ3n) is 4.02. The second-order valence-corrected chi connectivity index (χ2v) is 6.31. The number of para-hydroxylation sites is 1. The molecule has 2 aromatic carbocycles. The zero-order chi connectivity index (χ0) is 18.6. The van der Waals surface area contributed by atoms with E-state index in [1.807, 2.05) is 48.5 Å². The minimum absolute atomic E-state index is 0.405. The Morgan fingerprint density at radius 3 is 2.56 bits per heavy atom. The Morgan fingerprint density at radius 2 is 1.78 bits per heavy atom. The minimum atomic E-state index is -0.727. The molecule has 0 spiro atoms. The molecule has 2 N–H and O–H groups in total. The number of pyridine rings is 1. The fourth-order valence-electron chi connectivity index (χ4n) is 2.67. The summed E-state index contributed by atoms with van der Waals surface area (Å²) in [5.41, 5.74) is 8.65. The normalized spacial score (nSPS) is 16.0. The van der Waals surface area contributed by atoms with Crippen molar-refractivity contribution >= 4 is 23.2 Å². The highest BCUT2D eigenvalue weighted by molar-refractivity contribution is 6.30. The maximum atomic E-state index is 6.10. The number of hydrogen-bond acceptors (Lipinski definition) is 6. The van der Waals surface area contributed by atoms with Crippen LogP contribution >= 0.6 is 11.6 Å². The molecule has 0 aliphatic carbocycles. The summed E-state index contributed by atoms with van der Waals surface area (Å²) in [5, 5.41) is 6.77. The minimum Gasteiger partial charge on any atom is -0.488 e. The molecule has 27 heavy (non-hydrogen) atoms. The molecule has 0 bridgehead atoms. The number of ether oxygens (including phenoxy) is 2. The van der Waals surface area contributed by atoms with Gasteiger partial charge in [-0.3, -0.25) is 10.7 Å². The van der Waals surface area contributed by atoms with Crippen molar-refractivity contribution in [1.82, 2.24) is 4.98 Å². The average Bonchev–Trinajstić information content (AvgIpc) is 3.09. The fraction of sp³-hybridized carbons (Fsp3) is 0.100. The van der Waals surface area contributed by atoms with Gasteiger partial charge in [-0.1, -0.05) is 23.7 Å². The summed E-state index contributed by atoms with van der Waals surface area (Å²) in [6, 6.07) is 18.6. The Bertz CT molecular complexity index is 948. The second-order valence-electron chi connectivity index (χ2n) is 5.87. The molecule has 0 amide bonds. The SMILES string of the molecule is NC1OC(c2ccccc2OCc2ccncc2)=NN1c1ccc(Cl)cc1. The molecule has 6 nitrogen and oxygen atoms in total. The lowest BCUT2D eigenvalue weighted by Gasteiger charge is -2.17. The monoisotopic (exact) mass is 380 g/mol. The Balaban J connectivity index is 1.58. The third kappa shape index (κ3) is 3.86. The van der Waals surface area contributed by atoms with E-state index in [1.54, 1.807) is 29.5 Å². The Morgan fingerprint density at radius 1 is 1.04 bits per heavy atom. The van der Waals surface area contributed by atoms with E-state index in [0.717, 1.165) is 16.8 Å². The topological polar surface area (TPSA) is 73.0 Å². The summed E-state index contributed by atoms with van der Waals surface area (Å²) in [6.45, 7) is 0.416. The van der Waals surface area contributed by atoms with Gasteiger partial charge < -0.3 is 9.47 Å². The van der Waals surface area contributed by atoms with Crippen molar-refractivity contribution in [3.63, 3.8) is 0 Å². The van der Waals surface area contributed by atoms with Gasteiger partial charge in [0.2, 0.25) is 12.2 Å². The van der Waals surface area contributed by atoms with Crippen LogP contribution in [-0.2, 0) is 11.3 Å². The number of nitrogens with zero attached hydrogens (tertiary/aromatic N) is 3. The highest BCUT2D eigenvalue weighted by Gasteiger charge is 2.28. The van der Waals surface area contributed by atoms with E-state index in [4.69, 9.17) is 26.8 Å². The fourth-order valence-corrected chi connectivity index (χ4v) is 2.79. The van der Waals surface area contributed by atoms with Crippen LogP contribution in [0.5, 0.6) is 5.75 Å². The van der Waals surface area contributed by atoms with Gasteiger partial charge in [0, 0.05) is 17.4 Å². The number of nitrogens with two attached hydrogens (primary N) is 1. The van der Waals surface area contributed by atoms with Gasteiger partial charge in [0.05, 0.1) is 11.3 Å². The van der Waals surface area contributed by atoms with Crippen molar-refractivity contribution in [3.05, 3.63) is 89.2 Å². The largest absolute Gasteiger partial charge is 0.488 e. The lowest BCUT2D eigenvalue weighted by molar-refractivity contribution is 0.220. The van der Waals surface area contributed by atoms with Crippen LogP contribution in [0, 0.1) is 0 Å². The number of benzene rings is 2. The van der Waals surface area contributed by atoms with Crippen molar-refractivity contribution in [2.45, 2.75) is 13.0 Å². The van der Waals surface area contributed by atoms with Crippen LogP contribution in [0.3, 0.4) is 0 Å². The molecule has 4 rings (SSSR count). The Kier molecular flexibility index (Phi) is 4.91. The predicted octanol–water partition coefficient (Wildman–Crippen LogP) is 3.75.